The Balaban J connectivity index is 0.000000157. The smallest absolute Gasteiger partial charge is 0.417 e. The summed E-state index contributed by atoms with van der Waals surface area (Å²) >= 11 is 12.0. The number of hydrogen-bond acceptors (Lipinski definition) is 9. The molecule has 50 heavy (non-hydrogen) atoms. The molecule has 0 N–H and O–H groups in total. The molecule has 2 aliphatic rings. The van der Waals surface area contributed by atoms with E-state index in [9.17, 15) is 31.1 Å². The van der Waals surface area contributed by atoms with E-state index in [1.54, 1.807) is 7.05 Å². The van der Waals surface area contributed by atoms with E-state index in [2.05, 4.69) is 35.1 Å². The molecule has 0 spiro atoms. The Labute approximate surface area is 286 Å². The molecule has 2 fully saturated rings. The highest BCUT2D eigenvalue weighted by Crippen LogP contribution is 2.41. The second kappa shape index (κ2) is 12.2. The monoisotopic (exact) mass is 738 g/mol. The summed E-state index contributed by atoms with van der Waals surface area (Å²) in [5, 5.41) is 8.59. The van der Waals surface area contributed by atoms with Gasteiger partial charge in [-0.05, 0) is 37.8 Å². The number of alkyl halides is 6. The van der Waals surface area contributed by atoms with E-state index < -0.39 is 23.5 Å². The van der Waals surface area contributed by atoms with E-state index in [-0.39, 0.29) is 50.1 Å². The van der Waals surface area contributed by atoms with Crippen LogP contribution in [0.5, 0.6) is 5.88 Å². The highest BCUT2D eigenvalue weighted by Gasteiger charge is 2.34. The van der Waals surface area contributed by atoms with Crippen molar-refractivity contribution < 1.29 is 31.1 Å². The van der Waals surface area contributed by atoms with Gasteiger partial charge in [-0.2, -0.15) is 50.9 Å². The first-order valence-electron chi connectivity index (χ1n) is 14.9. The van der Waals surface area contributed by atoms with Gasteiger partial charge in [-0.25, -0.2) is 19.9 Å². The number of rotatable bonds is 5. The average molecular weight is 739 g/mol. The van der Waals surface area contributed by atoms with E-state index in [0.29, 0.717) is 34.8 Å². The molecule has 0 amide bonds. The maximum absolute atomic E-state index is 12.8. The predicted molar refractivity (Wildman–Crippen MR) is 167 cm³/mol. The average Bonchev–Trinajstić information content (AvgIpc) is 4.00. The number of pyridine rings is 2. The zero-order valence-corrected chi connectivity index (χ0v) is 27.3. The van der Waals surface area contributed by atoms with E-state index in [4.69, 9.17) is 27.9 Å². The summed E-state index contributed by atoms with van der Waals surface area (Å²) < 4.78 is 85.9. The number of aromatic nitrogens is 10. The topological polar surface area (TPSA) is 131 Å². The van der Waals surface area contributed by atoms with Crippen molar-refractivity contribution in [3.8, 4) is 17.5 Å². The van der Waals surface area contributed by atoms with E-state index >= 15 is 0 Å². The zero-order valence-electron chi connectivity index (χ0n) is 25.8. The second-order valence-corrected chi connectivity index (χ2v) is 12.4. The summed E-state index contributed by atoms with van der Waals surface area (Å²) in [7, 11) is 3.13. The molecule has 6 heterocycles. The lowest BCUT2D eigenvalue weighted by atomic mass is 10.3. The molecule has 8 rings (SSSR count). The number of nitrogens with zero attached hydrogens (tertiary/aromatic N) is 10. The van der Waals surface area contributed by atoms with Crippen LogP contribution in [-0.2, 0) is 19.4 Å². The lowest BCUT2D eigenvalue weighted by molar-refractivity contribution is -0.138. The quantitative estimate of drug-likeness (QED) is 0.175. The van der Waals surface area contributed by atoms with Crippen LogP contribution < -0.4 is 10.3 Å². The molecule has 0 bridgehead atoms. The van der Waals surface area contributed by atoms with Crippen molar-refractivity contribution in [2.24, 2.45) is 7.05 Å². The van der Waals surface area contributed by atoms with Crippen LogP contribution in [0.15, 0.2) is 41.7 Å². The van der Waals surface area contributed by atoms with E-state index in [0.717, 1.165) is 44.0 Å². The Morgan fingerprint density at radius 3 is 1.70 bits per heavy atom. The molecule has 0 unspecified atom stereocenters. The first-order chi connectivity index (χ1) is 23.7. The Morgan fingerprint density at radius 2 is 1.24 bits per heavy atom. The van der Waals surface area contributed by atoms with Crippen molar-refractivity contribution in [1.29, 1.82) is 0 Å². The van der Waals surface area contributed by atoms with Gasteiger partial charge in [-0.15, -0.1) is 0 Å². The van der Waals surface area contributed by atoms with Gasteiger partial charge in [0.25, 0.3) is 5.56 Å². The fourth-order valence-corrected chi connectivity index (χ4v) is 5.64. The number of fused-ring (bicyclic) bond motifs is 2. The lowest BCUT2D eigenvalue weighted by Crippen LogP contribution is -2.22. The van der Waals surface area contributed by atoms with Gasteiger partial charge in [0.2, 0.25) is 5.88 Å². The van der Waals surface area contributed by atoms with Crippen LogP contribution in [0.2, 0.25) is 10.0 Å². The molecule has 0 atom stereocenters. The minimum absolute atomic E-state index is 0.00725. The highest BCUT2D eigenvalue weighted by atomic mass is 35.5. The van der Waals surface area contributed by atoms with E-state index in [1.165, 1.54) is 33.4 Å². The molecular weight excluding hydrogens is 717 g/mol. The summed E-state index contributed by atoms with van der Waals surface area (Å²) in [6.07, 6.45) is -1.02. The van der Waals surface area contributed by atoms with Crippen LogP contribution in [0.25, 0.3) is 33.7 Å². The van der Waals surface area contributed by atoms with Crippen LogP contribution in [0, 0.1) is 0 Å². The number of methoxy groups -OCH3 is 1. The minimum Gasteiger partial charge on any atom is -0.480 e. The van der Waals surface area contributed by atoms with Crippen LogP contribution in [0.1, 0.15) is 60.3 Å². The fourth-order valence-electron chi connectivity index (χ4n) is 5.15. The third kappa shape index (κ3) is 6.21. The lowest BCUT2D eigenvalue weighted by Gasteiger charge is -2.10. The van der Waals surface area contributed by atoms with E-state index in [1.807, 2.05) is 0 Å². The van der Waals surface area contributed by atoms with Gasteiger partial charge in [0.1, 0.15) is 22.4 Å². The molecule has 2 aliphatic carbocycles. The maximum atomic E-state index is 12.8. The Hall–Kier alpha value is -4.84. The Kier molecular flexibility index (Phi) is 8.20. The number of ether oxygens (including phenoxy) is 1. The van der Waals surface area contributed by atoms with Crippen LogP contribution in [0.4, 0.5) is 26.3 Å². The van der Waals surface area contributed by atoms with Gasteiger partial charge in [-0.3, -0.25) is 9.36 Å². The number of halogens is 8. The number of hydrogen-bond donors (Lipinski definition) is 0. The molecule has 6 aromatic heterocycles. The summed E-state index contributed by atoms with van der Waals surface area (Å²) in [4.78, 5) is 33.4. The normalized spacial score (nSPS) is 15.0. The van der Waals surface area contributed by atoms with Crippen molar-refractivity contribution in [2.45, 2.75) is 49.9 Å². The van der Waals surface area contributed by atoms with Gasteiger partial charge in [0.15, 0.2) is 22.9 Å². The van der Waals surface area contributed by atoms with Crippen molar-refractivity contribution in [3.63, 3.8) is 0 Å². The standard InChI is InChI=1S/2C15H11ClF3N5O/c1-25-14-9-6-21-24(12(9)22-11(23-14)7-2-3-7)13-10(16)4-8(5-20-13)15(17,18)19;1-23-11(7-2-3-7)22-12-9(14(23)25)6-21-24(12)13-10(16)4-8(5-20-13)15(17,18)19/h2*4-7H,2-3H2,1H3. The van der Waals surface area contributed by atoms with Crippen LogP contribution in [-0.4, -0.2) is 56.2 Å². The van der Waals surface area contributed by atoms with Gasteiger partial charge >= 0.3 is 12.4 Å². The van der Waals surface area contributed by atoms with Crippen molar-refractivity contribution >= 4 is 45.3 Å². The zero-order chi connectivity index (χ0) is 35.7. The van der Waals surface area contributed by atoms with Gasteiger partial charge in [-0.1, -0.05) is 23.2 Å². The largest absolute Gasteiger partial charge is 0.480 e. The second-order valence-electron chi connectivity index (χ2n) is 11.6. The molecule has 6 aromatic rings. The fraction of sp³-hybridized carbons (Fsp3) is 0.333. The molecule has 260 valence electrons. The molecule has 12 nitrogen and oxygen atoms in total. The predicted octanol–water partition coefficient (Wildman–Crippen LogP) is 6.83. The molecule has 20 heteroatoms. The Morgan fingerprint density at radius 1 is 0.740 bits per heavy atom. The van der Waals surface area contributed by atoms with Crippen molar-refractivity contribution in [1.82, 2.24) is 49.0 Å². The summed E-state index contributed by atoms with van der Waals surface area (Å²) in [5.41, 5.74) is -1.52. The van der Waals surface area contributed by atoms with Gasteiger partial charge in [0, 0.05) is 31.3 Å². The SMILES string of the molecule is COc1nc(C2CC2)nc2c1cnn2-c1ncc(C(F)(F)F)cc1Cl.Cn1c(C2CC2)nc2c(cnn2-c2ncc(C(F)(F)F)cc2Cl)c1=O. The van der Waals surface area contributed by atoms with Crippen molar-refractivity contribution in [2.75, 3.05) is 7.11 Å². The summed E-state index contributed by atoms with van der Waals surface area (Å²) in [6.45, 7) is 0. The van der Waals surface area contributed by atoms with Crippen LogP contribution in [0.3, 0.4) is 0 Å². The van der Waals surface area contributed by atoms with Gasteiger partial charge in [0.05, 0.1) is 40.7 Å². The first-order valence-corrected chi connectivity index (χ1v) is 15.6. The molecule has 0 radical (unpaired) electrons. The molecule has 0 saturated heterocycles. The third-order valence-electron chi connectivity index (χ3n) is 8.03. The summed E-state index contributed by atoms with van der Waals surface area (Å²) in [5.74, 6) is 2.14. The maximum Gasteiger partial charge on any atom is 0.417 e. The highest BCUT2D eigenvalue weighted by molar-refractivity contribution is 6.32. The molecular formula is C30H22Cl2F6N10O2. The Bertz CT molecular complexity index is 2350. The molecule has 2 saturated carbocycles. The van der Waals surface area contributed by atoms with Crippen molar-refractivity contribution in [3.05, 3.63) is 80.1 Å². The molecule has 0 aromatic carbocycles. The molecule has 0 aliphatic heterocycles. The summed E-state index contributed by atoms with van der Waals surface area (Å²) in [6, 6.07) is 1.60. The van der Waals surface area contributed by atoms with Gasteiger partial charge < -0.3 is 4.74 Å². The minimum atomic E-state index is -4.55. The van der Waals surface area contributed by atoms with Crippen LogP contribution >= 0.6 is 23.2 Å². The first kappa shape index (κ1) is 33.6. The third-order valence-corrected chi connectivity index (χ3v) is 8.59.